The average Bonchev–Trinajstić information content (AvgIpc) is 3.19. The molecule has 1 aromatic heterocycles. The van der Waals surface area contributed by atoms with Gasteiger partial charge in [-0.15, -0.1) is 0 Å². The first-order chi connectivity index (χ1) is 17.8. The minimum Gasteiger partial charge on any atom is -0.497 e. The molecule has 198 valence electrons. The van der Waals surface area contributed by atoms with Crippen LogP contribution >= 0.6 is 11.6 Å². The highest BCUT2D eigenvalue weighted by atomic mass is 35.5. The number of carbonyl (C=O) groups excluding carboxylic acids is 1. The second kappa shape index (κ2) is 12.8. The Kier molecular flexibility index (Phi) is 9.77. The van der Waals surface area contributed by atoms with Crippen molar-refractivity contribution in [1.29, 1.82) is 0 Å². The third-order valence-electron chi connectivity index (χ3n) is 5.63. The molecule has 0 spiro atoms. The zero-order valence-electron chi connectivity index (χ0n) is 21.5. The first kappa shape index (κ1) is 28.3. The summed E-state index contributed by atoms with van der Waals surface area (Å²) in [6.07, 6.45) is 0. The Labute approximate surface area is 220 Å². The van der Waals surface area contributed by atoms with E-state index in [1.54, 1.807) is 25.3 Å². The fraction of sp³-hybridized carbons (Fsp3) is 0.370. The number of amides is 1. The van der Waals surface area contributed by atoms with E-state index in [0.29, 0.717) is 17.2 Å². The van der Waals surface area contributed by atoms with Gasteiger partial charge >= 0.3 is 0 Å². The zero-order chi connectivity index (χ0) is 27.1. The number of fused-ring (bicyclic) bond motifs is 1. The number of benzene rings is 2. The second-order valence-corrected chi connectivity index (χ2v) is 8.60. The second-order valence-electron chi connectivity index (χ2n) is 8.24. The molecule has 0 saturated carbocycles. The van der Waals surface area contributed by atoms with Gasteiger partial charge in [0.15, 0.2) is 5.82 Å². The van der Waals surface area contributed by atoms with Crippen LogP contribution in [0.25, 0.3) is 11.4 Å². The molecule has 10 heteroatoms. The third-order valence-corrected chi connectivity index (χ3v) is 5.90. The highest BCUT2D eigenvalue weighted by Crippen LogP contribution is 2.33. The lowest BCUT2D eigenvalue weighted by molar-refractivity contribution is -0.0221. The van der Waals surface area contributed by atoms with Crippen LogP contribution < -0.4 is 9.47 Å². The Morgan fingerprint density at radius 3 is 2.24 bits per heavy atom. The summed E-state index contributed by atoms with van der Waals surface area (Å²) in [6, 6.07) is 8.73. The van der Waals surface area contributed by atoms with Crippen molar-refractivity contribution in [2.45, 2.75) is 33.9 Å². The minimum atomic E-state index is -0.810. The van der Waals surface area contributed by atoms with Crippen molar-refractivity contribution in [2.75, 3.05) is 27.4 Å². The van der Waals surface area contributed by atoms with Crippen LogP contribution in [-0.4, -0.2) is 48.2 Å². The van der Waals surface area contributed by atoms with Crippen molar-refractivity contribution in [3.63, 3.8) is 0 Å². The number of ether oxygens (including phenoxy) is 3. The number of aromatic nitrogens is 2. The molecule has 1 saturated heterocycles. The summed E-state index contributed by atoms with van der Waals surface area (Å²) >= 11 is 6.21. The van der Waals surface area contributed by atoms with Gasteiger partial charge in [0.05, 0.1) is 51.8 Å². The topological polar surface area (TPSA) is 73.8 Å². The molecule has 2 aliphatic heterocycles. The van der Waals surface area contributed by atoms with Crippen molar-refractivity contribution < 1.29 is 27.8 Å². The first-order valence-electron chi connectivity index (χ1n) is 11.9. The van der Waals surface area contributed by atoms with E-state index in [2.05, 4.69) is 16.9 Å². The molecule has 7 nitrogen and oxygen atoms in total. The van der Waals surface area contributed by atoms with E-state index >= 15 is 0 Å². The highest BCUT2D eigenvalue weighted by Gasteiger charge is 2.33. The van der Waals surface area contributed by atoms with E-state index in [1.807, 2.05) is 13.8 Å². The number of halogens is 3. The fourth-order valence-electron chi connectivity index (χ4n) is 3.71. The number of hydrogen-bond donors (Lipinski definition) is 0. The molecule has 1 amide bonds. The van der Waals surface area contributed by atoms with Crippen LogP contribution in [0.3, 0.4) is 0 Å². The largest absolute Gasteiger partial charge is 0.497 e. The highest BCUT2D eigenvalue weighted by molar-refractivity contribution is 6.33. The molecule has 1 fully saturated rings. The zero-order valence-corrected chi connectivity index (χ0v) is 22.2. The fourth-order valence-corrected chi connectivity index (χ4v) is 3.98. The molecule has 0 radical (unpaired) electrons. The van der Waals surface area contributed by atoms with Crippen LogP contribution in [0.15, 0.2) is 36.4 Å². The maximum absolute atomic E-state index is 14.1. The SMILES string of the molecule is CC.CC1COC1.COc1ccc(CN2Cc3nc(-c4c(F)cccc4F)nc(Cl)c3C2=O)c(OC)c1. The van der Waals surface area contributed by atoms with Crippen LogP contribution in [0.1, 0.15) is 42.4 Å². The molecule has 0 aliphatic carbocycles. The molecule has 37 heavy (non-hydrogen) atoms. The van der Waals surface area contributed by atoms with E-state index in [-0.39, 0.29) is 41.1 Å². The van der Waals surface area contributed by atoms with Crippen molar-refractivity contribution in [3.05, 3.63) is 70.0 Å². The van der Waals surface area contributed by atoms with Gasteiger partial charge in [-0.2, -0.15) is 0 Å². The molecule has 2 aromatic carbocycles. The molecule has 0 unspecified atom stereocenters. The van der Waals surface area contributed by atoms with Crippen molar-refractivity contribution in [1.82, 2.24) is 14.9 Å². The first-order valence-corrected chi connectivity index (χ1v) is 12.3. The molecular weight excluding hydrogens is 504 g/mol. The lowest BCUT2D eigenvalue weighted by atomic mass is 10.1. The molecule has 5 rings (SSSR count). The van der Waals surface area contributed by atoms with Crippen LogP contribution in [-0.2, 0) is 17.8 Å². The van der Waals surface area contributed by atoms with Gasteiger partial charge in [0, 0.05) is 17.5 Å². The van der Waals surface area contributed by atoms with Crippen LogP contribution in [0, 0.1) is 17.6 Å². The van der Waals surface area contributed by atoms with Crippen molar-refractivity contribution in [3.8, 4) is 22.9 Å². The van der Waals surface area contributed by atoms with Gasteiger partial charge in [-0.25, -0.2) is 18.7 Å². The number of methoxy groups -OCH3 is 2. The standard InChI is InChI=1S/C21H16ClF2N3O3.C4H8O.C2H6/c1-29-12-7-6-11(16(8-12)30-2)9-27-10-15-18(21(27)28)19(22)26-20(25-15)17-13(23)4-3-5-14(17)24;1-4-2-5-3-4;1-2/h3-8H,9-10H2,1-2H3;4H,2-3H2,1H3;1-2H3. The lowest BCUT2D eigenvalue weighted by Gasteiger charge is -2.20. The Bertz CT molecular complexity index is 1230. The maximum atomic E-state index is 14.1. The molecule has 2 aliphatic rings. The van der Waals surface area contributed by atoms with Gasteiger partial charge in [-0.05, 0) is 24.3 Å². The number of rotatable bonds is 5. The molecule has 3 aromatic rings. The van der Waals surface area contributed by atoms with E-state index in [1.165, 1.54) is 18.1 Å². The Morgan fingerprint density at radius 2 is 1.70 bits per heavy atom. The van der Waals surface area contributed by atoms with Crippen LogP contribution in [0.2, 0.25) is 5.15 Å². The van der Waals surface area contributed by atoms with Gasteiger partial charge < -0.3 is 19.1 Å². The maximum Gasteiger partial charge on any atom is 0.259 e. The van der Waals surface area contributed by atoms with Gasteiger partial charge in [0.1, 0.15) is 33.9 Å². The molecule has 0 atom stereocenters. The Morgan fingerprint density at radius 1 is 1.05 bits per heavy atom. The summed E-state index contributed by atoms with van der Waals surface area (Å²) in [6.45, 7) is 8.50. The van der Waals surface area contributed by atoms with Gasteiger partial charge in [0.25, 0.3) is 5.91 Å². The third kappa shape index (κ3) is 6.34. The van der Waals surface area contributed by atoms with Crippen LogP contribution in [0.4, 0.5) is 8.78 Å². The normalized spacial score (nSPS) is 14.1. The van der Waals surface area contributed by atoms with E-state index < -0.39 is 11.6 Å². The number of nitrogens with zero attached hydrogens (tertiary/aromatic N) is 3. The smallest absolute Gasteiger partial charge is 0.259 e. The summed E-state index contributed by atoms with van der Waals surface area (Å²) in [5, 5.41) is -0.146. The van der Waals surface area contributed by atoms with Crippen molar-refractivity contribution in [2.24, 2.45) is 5.92 Å². The van der Waals surface area contributed by atoms with Crippen molar-refractivity contribution >= 4 is 17.5 Å². The number of carbonyl (C=O) groups is 1. The van der Waals surface area contributed by atoms with E-state index in [0.717, 1.165) is 36.8 Å². The summed E-state index contributed by atoms with van der Waals surface area (Å²) in [7, 11) is 3.07. The Balaban J connectivity index is 0.000000478. The predicted octanol–water partition coefficient (Wildman–Crippen LogP) is 5.93. The quantitative estimate of drug-likeness (QED) is 0.379. The lowest BCUT2D eigenvalue weighted by Crippen LogP contribution is -2.23. The summed E-state index contributed by atoms with van der Waals surface area (Å²) in [5.74, 6) is -0.165. The predicted molar refractivity (Wildman–Crippen MR) is 137 cm³/mol. The molecule has 0 bridgehead atoms. The number of hydrogen-bond acceptors (Lipinski definition) is 6. The van der Waals surface area contributed by atoms with Gasteiger partial charge in [0.2, 0.25) is 0 Å². The minimum absolute atomic E-state index is 0.120. The molecule has 0 N–H and O–H groups in total. The summed E-state index contributed by atoms with van der Waals surface area (Å²) in [5.41, 5.74) is 0.809. The van der Waals surface area contributed by atoms with E-state index in [4.69, 9.17) is 25.8 Å². The van der Waals surface area contributed by atoms with E-state index in [9.17, 15) is 13.6 Å². The molecule has 3 heterocycles. The summed E-state index contributed by atoms with van der Waals surface area (Å²) < 4.78 is 43.7. The average molecular weight is 534 g/mol. The van der Waals surface area contributed by atoms with Gasteiger partial charge in [-0.3, -0.25) is 4.79 Å². The van der Waals surface area contributed by atoms with Crippen LogP contribution in [0.5, 0.6) is 11.5 Å². The summed E-state index contributed by atoms with van der Waals surface area (Å²) in [4.78, 5) is 22.6. The van der Waals surface area contributed by atoms with Gasteiger partial charge in [-0.1, -0.05) is 38.4 Å². The molecular formula is C27H30ClF2N3O4. The monoisotopic (exact) mass is 533 g/mol. The Hall–Kier alpha value is -3.30.